The normalized spacial score (nSPS) is 14.5. The maximum absolute atomic E-state index is 12.1. The third-order valence-electron chi connectivity index (χ3n) is 4.04. The van der Waals surface area contributed by atoms with Crippen molar-refractivity contribution < 1.29 is 9.59 Å². The number of fused-ring (bicyclic) bond motifs is 1. The molecule has 5 nitrogen and oxygen atoms in total. The number of rotatable bonds is 3. The smallest absolute Gasteiger partial charge is 0.253 e. The van der Waals surface area contributed by atoms with Gasteiger partial charge in [0.1, 0.15) is 0 Å². The molecule has 124 valence electrons. The minimum Gasteiger partial charge on any atom is -0.345 e. The molecule has 0 unspecified atom stereocenters. The van der Waals surface area contributed by atoms with Crippen molar-refractivity contribution in [3.05, 3.63) is 65.2 Å². The van der Waals surface area contributed by atoms with Crippen molar-refractivity contribution in [3.8, 4) is 0 Å². The molecule has 5 heteroatoms. The van der Waals surface area contributed by atoms with Gasteiger partial charge >= 0.3 is 0 Å². The number of anilines is 1. The Balaban J connectivity index is 1.80. The van der Waals surface area contributed by atoms with E-state index in [1.165, 1.54) is 0 Å². The van der Waals surface area contributed by atoms with Gasteiger partial charge in [-0.25, -0.2) is 0 Å². The average molecular weight is 323 g/mol. The summed E-state index contributed by atoms with van der Waals surface area (Å²) < 4.78 is 0. The van der Waals surface area contributed by atoms with Crippen LogP contribution in [-0.4, -0.2) is 42.3 Å². The number of nitrogens with zero attached hydrogens (tertiary/aromatic N) is 2. The lowest BCUT2D eigenvalue weighted by Crippen LogP contribution is -2.29. The molecular weight excluding hydrogens is 302 g/mol. The summed E-state index contributed by atoms with van der Waals surface area (Å²) in [5, 5.41) is 2.94. The minimum atomic E-state index is -0.0178. The Kier molecular flexibility index (Phi) is 4.62. The van der Waals surface area contributed by atoms with Gasteiger partial charge < -0.3 is 10.2 Å². The van der Waals surface area contributed by atoms with Crippen molar-refractivity contribution in [1.29, 1.82) is 0 Å². The third kappa shape index (κ3) is 3.63. The zero-order chi connectivity index (χ0) is 17.1. The lowest BCUT2D eigenvalue weighted by atomic mass is 10.1. The van der Waals surface area contributed by atoms with Gasteiger partial charge in [-0.05, 0) is 29.3 Å². The Hall–Kier alpha value is -2.66. The van der Waals surface area contributed by atoms with Gasteiger partial charge in [-0.15, -0.1) is 0 Å². The van der Waals surface area contributed by atoms with Crippen molar-refractivity contribution in [3.63, 3.8) is 0 Å². The van der Waals surface area contributed by atoms with E-state index in [0.717, 1.165) is 16.8 Å². The molecule has 0 aliphatic carbocycles. The molecule has 1 N–H and O–H groups in total. The topological polar surface area (TPSA) is 52.7 Å². The van der Waals surface area contributed by atoms with E-state index < -0.39 is 0 Å². The maximum atomic E-state index is 12.1. The minimum absolute atomic E-state index is 0.0135. The number of benzene rings is 2. The highest BCUT2D eigenvalue weighted by atomic mass is 16.2. The van der Waals surface area contributed by atoms with E-state index in [9.17, 15) is 9.59 Å². The summed E-state index contributed by atoms with van der Waals surface area (Å²) in [5.74, 6) is -0.0312. The summed E-state index contributed by atoms with van der Waals surface area (Å²) in [6.45, 7) is 1.65. The molecule has 0 aromatic heterocycles. The predicted molar refractivity (Wildman–Crippen MR) is 93.6 cm³/mol. The molecule has 24 heavy (non-hydrogen) atoms. The molecule has 2 amide bonds. The van der Waals surface area contributed by atoms with Crippen LogP contribution in [-0.2, 0) is 17.9 Å². The number of carbonyl (C=O) groups is 2. The molecule has 1 aliphatic heterocycles. The van der Waals surface area contributed by atoms with Crippen molar-refractivity contribution in [2.24, 2.45) is 0 Å². The van der Waals surface area contributed by atoms with Crippen LogP contribution in [0.5, 0.6) is 0 Å². The molecule has 1 aliphatic rings. The van der Waals surface area contributed by atoms with Gasteiger partial charge in [-0.1, -0.05) is 30.3 Å². The summed E-state index contributed by atoms with van der Waals surface area (Å²) in [5.41, 5.74) is 3.66. The monoisotopic (exact) mass is 323 g/mol. The van der Waals surface area contributed by atoms with Gasteiger partial charge in [0, 0.05) is 38.4 Å². The molecule has 2 aromatic carbocycles. The fraction of sp³-hybridized carbons (Fsp3) is 0.263. The molecule has 0 bridgehead atoms. The first-order valence-electron chi connectivity index (χ1n) is 7.93. The van der Waals surface area contributed by atoms with E-state index in [1.807, 2.05) is 48.5 Å². The Labute approximate surface area is 141 Å². The van der Waals surface area contributed by atoms with Crippen molar-refractivity contribution >= 4 is 17.5 Å². The van der Waals surface area contributed by atoms with Crippen LogP contribution in [0.3, 0.4) is 0 Å². The Bertz CT molecular complexity index is 771. The second kappa shape index (κ2) is 6.84. The first-order chi connectivity index (χ1) is 11.5. The van der Waals surface area contributed by atoms with Crippen molar-refractivity contribution in [2.75, 3.05) is 26.0 Å². The molecule has 0 saturated carbocycles. The average Bonchev–Trinajstić information content (AvgIpc) is 2.71. The van der Waals surface area contributed by atoms with E-state index in [-0.39, 0.29) is 11.8 Å². The van der Waals surface area contributed by atoms with Gasteiger partial charge in [-0.3, -0.25) is 14.5 Å². The quantitative estimate of drug-likeness (QED) is 0.943. The molecule has 0 radical (unpaired) electrons. The van der Waals surface area contributed by atoms with E-state index in [0.29, 0.717) is 25.2 Å². The third-order valence-corrected chi connectivity index (χ3v) is 4.04. The number of carbonyl (C=O) groups excluding carboxylic acids is 2. The second-order valence-electron chi connectivity index (χ2n) is 6.25. The summed E-state index contributed by atoms with van der Waals surface area (Å²) >= 11 is 0. The molecule has 3 rings (SSSR count). The van der Waals surface area contributed by atoms with E-state index in [1.54, 1.807) is 19.0 Å². The number of nitrogens with one attached hydrogen (secondary N) is 1. The van der Waals surface area contributed by atoms with Gasteiger partial charge in [0.05, 0.1) is 6.54 Å². The van der Waals surface area contributed by atoms with Gasteiger partial charge in [0.15, 0.2) is 0 Å². The number of amides is 2. The molecule has 1 heterocycles. The maximum Gasteiger partial charge on any atom is 0.253 e. The molecule has 0 spiro atoms. The van der Waals surface area contributed by atoms with Crippen LogP contribution < -0.4 is 5.32 Å². The van der Waals surface area contributed by atoms with E-state index in [4.69, 9.17) is 0 Å². The van der Waals surface area contributed by atoms with E-state index >= 15 is 0 Å². The summed E-state index contributed by atoms with van der Waals surface area (Å²) in [6, 6.07) is 15.4. The fourth-order valence-electron chi connectivity index (χ4n) is 2.90. The van der Waals surface area contributed by atoms with Crippen LogP contribution in [0.4, 0.5) is 5.69 Å². The lowest BCUT2D eigenvalue weighted by Gasteiger charge is -2.19. The van der Waals surface area contributed by atoms with Crippen molar-refractivity contribution in [1.82, 2.24) is 9.80 Å². The molecule has 2 aromatic rings. The van der Waals surface area contributed by atoms with Gasteiger partial charge in [0.25, 0.3) is 5.91 Å². The highest BCUT2D eigenvalue weighted by Gasteiger charge is 2.19. The van der Waals surface area contributed by atoms with Crippen LogP contribution in [0, 0.1) is 0 Å². The zero-order valence-electron chi connectivity index (χ0n) is 14.0. The second-order valence-corrected chi connectivity index (χ2v) is 6.25. The van der Waals surface area contributed by atoms with E-state index in [2.05, 4.69) is 10.2 Å². The Morgan fingerprint density at radius 3 is 2.71 bits per heavy atom. The molecule has 0 saturated heterocycles. The summed E-state index contributed by atoms with van der Waals surface area (Å²) in [6.07, 6.45) is 0. The largest absolute Gasteiger partial charge is 0.345 e. The molecular formula is C19H21N3O2. The van der Waals surface area contributed by atoms with Gasteiger partial charge in [-0.2, -0.15) is 0 Å². The van der Waals surface area contributed by atoms with Crippen LogP contribution in [0.25, 0.3) is 0 Å². The fourth-order valence-corrected chi connectivity index (χ4v) is 2.90. The van der Waals surface area contributed by atoms with Crippen LogP contribution in [0.15, 0.2) is 48.5 Å². The number of para-hydroxylation sites is 1. The molecule has 0 atom stereocenters. The van der Waals surface area contributed by atoms with Crippen LogP contribution in [0.1, 0.15) is 21.5 Å². The SMILES string of the molecule is CN(C)C(=O)c1cccc(CN2CC(=O)Nc3ccccc3C2)c1. The molecule has 0 fully saturated rings. The predicted octanol–water partition coefficient (Wildman–Crippen LogP) is 2.34. The summed E-state index contributed by atoms with van der Waals surface area (Å²) in [4.78, 5) is 27.9. The van der Waals surface area contributed by atoms with Crippen molar-refractivity contribution in [2.45, 2.75) is 13.1 Å². The first kappa shape index (κ1) is 16.2. The Morgan fingerprint density at radius 1 is 1.12 bits per heavy atom. The number of hydrogen-bond donors (Lipinski definition) is 1. The standard InChI is InChI=1S/C19H21N3O2/c1-21(2)19(24)15-8-5-6-14(10-15)11-22-12-16-7-3-4-9-17(16)20-18(23)13-22/h3-10H,11-13H2,1-2H3,(H,20,23). The lowest BCUT2D eigenvalue weighted by molar-refractivity contribution is -0.117. The van der Waals surface area contributed by atoms with Gasteiger partial charge in [0.2, 0.25) is 5.91 Å². The summed E-state index contributed by atoms with van der Waals surface area (Å²) in [7, 11) is 3.48. The van der Waals surface area contributed by atoms with Crippen LogP contribution in [0.2, 0.25) is 0 Å². The highest BCUT2D eigenvalue weighted by Crippen LogP contribution is 2.21. The highest BCUT2D eigenvalue weighted by molar-refractivity contribution is 5.94. The number of hydrogen-bond acceptors (Lipinski definition) is 3. The van der Waals surface area contributed by atoms with Crippen LogP contribution >= 0.6 is 0 Å². The Morgan fingerprint density at radius 2 is 1.92 bits per heavy atom. The first-order valence-corrected chi connectivity index (χ1v) is 7.93. The zero-order valence-corrected chi connectivity index (χ0v) is 14.0.